The Labute approximate surface area is 176 Å². The van der Waals surface area contributed by atoms with Crippen molar-refractivity contribution in [2.24, 2.45) is 16.5 Å². The average Bonchev–Trinajstić information content (AvgIpc) is 2.77. The topological polar surface area (TPSA) is 76.9 Å². The van der Waals surface area contributed by atoms with Gasteiger partial charge in [0, 0.05) is 43.4 Å². The number of benzene rings is 1. The zero-order chi connectivity index (χ0) is 18.5. The van der Waals surface area contributed by atoms with E-state index in [1.165, 1.54) is 6.20 Å². The van der Waals surface area contributed by atoms with Gasteiger partial charge in [-0.2, -0.15) is 12.1 Å². The van der Waals surface area contributed by atoms with Crippen molar-refractivity contribution in [1.82, 2.24) is 4.90 Å². The molecule has 0 bridgehead atoms. The number of nitrogens with two attached hydrogens (primary N) is 2. The largest absolute Gasteiger partial charge is 0.554 e. The molecule has 0 saturated heterocycles. The van der Waals surface area contributed by atoms with Gasteiger partial charge in [-0.05, 0) is 25.4 Å². The first kappa shape index (κ1) is 26.0. The Hall–Kier alpha value is -1.22. The monoisotopic (exact) mass is 569 g/mol. The second-order valence-corrected chi connectivity index (χ2v) is 4.55. The van der Waals surface area contributed by atoms with Gasteiger partial charge in [-0.15, -0.1) is 17.7 Å². The van der Waals surface area contributed by atoms with Gasteiger partial charge in [-0.1, -0.05) is 27.7 Å². The van der Waals surface area contributed by atoms with E-state index in [2.05, 4.69) is 16.0 Å². The third-order valence-corrected chi connectivity index (χ3v) is 3.17. The fraction of sp³-hybridized carbons (Fsp3) is 0.421. The van der Waals surface area contributed by atoms with Gasteiger partial charge in [-0.3, -0.25) is 4.90 Å². The molecular formula is C19H31N4OU-. The van der Waals surface area contributed by atoms with Crippen molar-refractivity contribution in [3.8, 4) is 5.75 Å². The molecule has 4 N–H and O–H groups in total. The summed E-state index contributed by atoms with van der Waals surface area (Å²) in [7, 11) is 3.65. The number of hydrogen-bond acceptors (Lipinski definition) is 5. The zero-order valence-electron chi connectivity index (χ0n) is 16.2. The maximum Gasteiger partial charge on any atom is 0.120 e. The number of nitrogens with zero attached hydrogens (tertiary/aromatic N) is 2. The molecule has 1 aliphatic rings. The van der Waals surface area contributed by atoms with E-state index < -0.39 is 0 Å². The van der Waals surface area contributed by atoms with Crippen LogP contribution in [-0.4, -0.2) is 31.3 Å². The molecule has 6 heteroatoms. The molecule has 25 heavy (non-hydrogen) atoms. The van der Waals surface area contributed by atoms with E-state index >= 15 is 0 Å². The summed E-state index contributed by atoms with van der Waals surface area (Å²) in [4.78, 5) is 6.55. The smallest absolute Gasteiger partial charge is 0.120 e. The van der Waals surface area contributed by atoms with Crippen LogP contribution in [0.2, 0.25) is 0 Å². The summed E-state index contributed by atoms with van der Waals surface area (Å²) >= 11 is 0. The molecule has 1 heterocycles. The number of aliphatic imine (C=N–C) groups is 1. The van der Waals surface area contributed by atoms with Gasteiger partial charge >= 0.3 is 0 Å². The van der Waals surface area contributed by atoms with Crippen molar-refractivity contribution in [1.29, 1.82) is 0 Å². The first-order valence-electron chi connectivity index (χ1n) is 8.34. The SMILES string of the molecule is CC.CC.COc1c[c-]c(C2C(/C=C\N)=NC(N)=CCN2C)cc1.[U]. The van der Waals surface area contributed by atoms with Crippen LogP contribution in [-0.2, 0) is 0 Å². The molecule has 2 rings (SSSR count). The first-order chi connectivity index (χ1) is 11.7. The van der Waals surface area contributed by atoms with Crippen molar-refractivity contribution in [2.45, 2.75) is 33.7 Å². The Kier molecular flexibility index (Phi) is 15.7. The maximum absolute atomic E-state index is 5.85. The van der Waals surface area contributed by atoms with Crippen LogP contribution in [0.1, 0.15) is 39.3 Å². The molecule has 0 aromatic heterocycles. The van der Waals surface area contributed by atoms with Crippen LogP contribution in [0.4, 0.5) is 0 Å². The molecule has 0 spiro atoms. The van der Waals surface area contributed by atoms with Crippen LogP contribution in [0.25, 0.3) is 0 Å². The summed E-state index contributed by atoms with van der Waals surface area (Å²) in [6.45, 7) is 8.71. The molecule has 0 saturated carbocycles. The minimum Gasteiger partial charge on any atom is -0.554 e. The number of ether oxygens (including phenoxy) is 1. The minimum atomic E-state index is -0.0435. The predicted octanol–water partition coefficient (Wildman–Crippen LogP) is 3.25. The fourth-order valence-corrected chi connectivity index (χ4v) is 2.17. The van der Waals surface area contributed by atoms with Crippen molar-refractivity contribution in [3.05, 3.63) is 54.0 Å². The Bertz CT molecular complexity index is 553. The maximum atomic E-state index is 5.85. The van der Waals surface area contributed by atoms with Crippen LogP contribution in [0.3, 0.4) is 0 Å². The molecule has 5 nitrogen and oxygen atoms in total. The summed E-state index contributed by atoms with van der Waals surface area (Å²) < 4.78 is 5.16. The standard InChI is InChI=1S/C15H19N4O.2C2H6.U/c1-19-10-8-14(17)18-13(7-9-16)15(19)11-3-5-12(20-2)6-4-11;2*1-2;/h3,5-9,15H,10,16-17H2,1-2H3;2*1-2H3;/q-1;;;/b9-7-;;;. The van der Waals surface area contributed by atoms with Gasteiger partial charge < -0.3 is 16.2 Å². The van der Waals surface area contributed by atoms with E-state index in [0.717, 1.165) is 17.0 Å². The molecule has 0 amide bonds. The van der Waals surface area contributed by atoms with Gasteiger partial charge in [0.2, 0.25) is 0 Å². The van der Waals surface area contributed by atoms with Crippen molar-refractivity contribution in [3.63, 3.8) is 0 Å². The van der Waals surface area contributed by atoms with Gasteiger partial charge in [0.05, 0.1) is 18.9 Å². The molecule has 1 unspecified atom stereocenters. The van der Waals surface area contributed by atoms with Crippen LogP contribution >= 0.6 is 0 Å². The fourth-order valence-electron chi connectivity index (χ4n) is 2.17. The molecule has 0 aliphatic carbocycles. The Balaban J connectivity index is 0. The van der Waals surface area contributed by atoms with E-state index in [-0.39, 0.29) is 37.2 Å². The molecule has 1 aromatic carbocycles. The molecule has 1 atom stereocenters. The van der Waals surface area contributed by atoms with Crippen molar-refractivity contribution < 1.29 is 35.9 Å². The van der Waals surface area contributed by atoms with E-state index in [9.17, 15) is 0 Å². The van der Waals surface area contributed by atoms with Crippen molar-refractivity contribution in [2.75, 3.05) is 20.7 Å². The predicted molar refractivity (Wildman–Crippen MR) is 103 cm³/mol. The third kappa shape index (κ3) is 8.13. The van der Waals surface area contributed by atoms with E-state index in [1.807, 2.05) is 59.0 Å². The average molecular weight is 570 g/mol. The quantitative estimate of drug-likeness (QED) is 0.549. The Morgan fingerprint density at radius 2 is 1.92 bits per heavy atom. The molecule has 138 valence electrons. The summed E-state index contributed by atoms with van der Waals surface area (Å²) in [5.74, 6) is 1.27. The summed E-state index contributed by atoms with van der Waals surface area (Å²) in [5.41, 5.74) is 13.2. The minimum absolute atomic E-state index is 0. The van der Waals surface area contributed by atoms with E-state index in [0.29, 0.717) is 12.4 Å². The summed E-state index contributed by atoms with van der Waals surface area (Å²) in [5, 5.41) is 0. The number of likely N-dealkylation sites (N-methyl/N-ethyl adjacent to an activating group) is 1. The number of hydrogen-bond donors (Lipinski definition) is 2. The first-order valence-corrected chi connectivity index (χ1v) is 8.34. The van der Waals surface area contributed by atoms with Crippen LogP contribution in [0, 0.1) is 37.2 Å². The molecule has 0 radical (unpaired) electrons. The molecule has 0 fully saturated rings. The number of rotatable bonds is 3. The Morgan fingerprint density at radius 1 is 1.28 bits per heavy atom. The van der Waals surface area contributed by atoms with Gasteiger partial charge in [0.1, 0.15) is 5.82 Å². The molecule has 1 aliphatic heterocycles. The van der Waals surface area contributed by atoms with Crippen LogP contribution in [0.15, 0.2) is 47.4 Å². The second kappa shape index (κ2) is 15.1. The van der Waals surface area contributed by atoms with Crippen LogP contribution in [0.5, 0.6) is 5.75 Å². The zero-order valence-corrected chi connectivity index (χ0v) is 20.4. The normalized spacial score (nSPS) is 16.8. The number of methoxy groups -OCH3 is 1. The van der Waals surface area contributed by atoms with Crippen molar-refractivity contribution >= 4 is 5.71 Å². The van der Waals surface area contributed by atoms with E-state index in [1.54, 1.807) is 13.2 Å². The molecular weight excluding hydrogens is 538 g/mol. The molecule has 1 aromatic rings. The van der Waals surface area contributed by atoms with Gasteiger partial charge in [0.15, 0.2) is 0 Å². The van der Waals surface area contributed by atoms with E-state index in [4.69, 9.17) is 16.2 Å². The van der Waals surface area contributed by atoms with Gasteiger partial charge in [0.25, 0.3) is 0 Å². The Morgan fingerprint density at radius 3 is 2.40 bits per heavy atom. The third-order valence-electron chi connectivity index (χ3n) is 3.17. The second-order valence-electron chi connectivity index (χ2n) is 4.55. The van der Waals surface area contributed by atoms with Crippen LogP contribution < -0.4 is 16.2 Å². The summed E-state index contributed by atoms with van der Waals surface area (Å²) in [6, 6.07) is 8.88. The summed E-state index contributed by atoms with van der Waals surface area (Å²) in [6.07, 6.45) is 5.13. The van der Waals surface area contributed by atoms with Gasteiger partial charge in [-0.25, -0.2) is 4.99 Å².